The lowest BCUT2D eigenvalue weighted by atomic mass is 9.79. The Balaban J connectivity index is 4.94. The van der Waals surface area contributed by atoms with Crippen molar-refractivity contribution in [1.82, 2.24) is 5.06 Å². The van der Waals surface area contributed by atoms with Crippen molar-refractivity contribution in [1.29, 1.82) is 0 Å². The van der Waals surface area contributed by atoms with Gasteiger partial charge >= 0.3 is 5.97 Å². The molecule has 0 spiro atoms. The summed E-state index contributed by atoms with van der Waals surface area (Å²) in [5.74, 6) is -1.19. The number of amides is 1. The highest BCUT2D eigenvalue weighted by Crippen LogP contribution is 2.32. The third-order valence-corrected chi connectivity index (χ3v) is 3.41. The van der Waals surface area contributed by atoms with Gasteiger partial charge in [0.1, 0.15) is 0 Å². The van der Waals surface area contributed by atoms with Crippen LogP contribution in [0.3, 0.4) is 0 Å². The van der Waals surface area contributed by atoms with Crippen LogP contribution in [-0.2, 0) is 14.4 Å². The zero-order valence-electron chi connectivity index (χ0n) is 12.9. The van der Waals surface area contributed by atoms with Crippen LogP contribution in [0.25, 0.3) is 0 Å². The lowest BCUT2D eigenvalue weighted by Crippen LogP contribution is -2.42. The van der Waals surface area contributed by atoms with Gasteiger partial charge in [0.25, 0.3) is 0 Å². The number of rotatable bonds is 7. The number of hydroxylamine groups is 2. The highest BCUT2D eigenvalue weighted by Gasteiger charge is 2.39. The van der Waals surface area contributed by atoms with Crippen molar-refractivity contribution in [3.63, 3.8) is 0 Å². The molecule has 0 fully saturated rings. The first-order chi connectivity index (χ1) is 8.61. The van der Waals surface area contributed by atoms with Gasteiger partial charge in [0.15, 0.2) is 0 Å². The highest BCUT2D eigenvalue weighted by atomic mass is 16.7. The summed E-state index contributed by atoms with van der Waals surface area (Å²) in [6.07, 6.45) is 0.828. The van der Waals surface area contributed by atoms with E-state index in [4.69, 9.17) is 4.84 Å². The molecule has 19 heavy (non-hydrogen) atoms. The smallest absolute Gasteiger partial charge is 0.310 e. The molecule has 5 nitrogen and oxygen atoms in total. The molecule has 5 heteroatoms. The van der Waals surface area contributed by atoms with Crippen LogP contribution in [0.4, 0.5) is 0 Å². The average Bonchev–Trinajstić information content (AvgIpc) is 2.31. The molecule has 0 aromatic heterocycles. The van der Waals surface area contributed by atoms with E-state index in [1.807, 2.05) is 20.8 Å². The topological polar surface area (TPSA) is 66.8 Å². The molecule has 0 radical (unpaired) electrons. The first-order valence-corrected chi connectivity index (χ1v) is 6.69. The van der Waals surface area contributed by atoms with E-state index in [9.17, 15) is 14.7 Å². The molecule has 0 aromatic carbocycles. The molecule has 0 saturated heterocycles. The summed E-state index contributed by atoms with van der Waals surface area (Å²) in [6, 6.07) is 0. The molecule has 0 saturated carbocycles. The summed E-state index contributed by atoms with van der Waals surface area (Å²) in [5.41, 5.74) is -1.10. The quantitative estimate of drug-likeness (QED) is 0.724. The van der Waals surface area contributed by atoms with Crippen LogP contribution >= 0.6 is 0 Å². The molecule has 0 rings (SSSR count). The Morgan fingerprint density at radius 3 is 1.89 bits per heavy atom. The van der Waals surface area contributed by atoms with Gasteiger partial charge in [-0.05, 0) is 18.3 Å². The molecule has 0 unspecified atom stereocenters. The zero-order chi connectivity index (χ0) is 15.3. The molecular formula is C14H27NO4. The van der Waals surface area contributed by atoms with E-state index in [1.54, 1.807) is 13.8 Å². The van der Waals surface area contributed by atoms with Crippen LogP contribution in [0.1, 0.15) is 53.9 Å². The fourth-order valence-corrected chi connectivity index (χ4v) is 1.94. The molecule has 0 bridgehead atoms. The molecule has 0 aliphatic heterocycles. The predicted molar refractivity (Wildman–Crippen MR) is 73.4 cm³/mol. The Labute approximate surface area is 115 Å². The van der Waals surface area contributed by atoms with Gasteiger partial charge in [0, 0.05) is 6.42 Å². The number of carboxylic acids is 1. The number of carbonyl (C=O) groups excluding carboxylic acids is 1. The second-order valence-corrected chi connectivity index (χ2v) is 6.14. The third-order valence-electron chi connectivity index (χ3n) is 3.41. The second kappa shape index (κ2) is 6.89. The summed E-state index contributed by atoms with van der Waals surface area (Å²) < 4.78 is 0. The average molecular weight is 273 g/mol. The number of hydrogen-bond donors (Lipinski definition) is 1. The van der Waals surface area contributed by atoms with Gasteiger partial charge in [0.05, 0.1) is 19.1 Å². The fraction of sp³-hybridized carbons (Fsp3) is 0.857. The molecule has 1 N–H and O–H groups in total. The predicted octanol–water partition coefficient (Wildman–Crippen LogP) is 2.70. The number of hydrogen-bond acceptors (Lipinski definition) is 3. The maximum Gasteiger partial charge on any atom is 0.310 e. The Morgan fingerprint density at radius 1 is 1.16 bits per heavy atom. The van der Waals surface area contributed by atoms with E-state index in [2.05, 4.69) is 0 Å². The molecule has 0 heterocycles. The molecule has 0 atom stereocenters. The largest absolute Gasteiger partial charge is 0.481 e. The molecule has 112 valence electrons. The van der Waals surface area contributed by atoms with Crippen LogP contribution in [0.2, 0.25) is 0 Å². The fourth-order valence-electron chi connectivity index (χ4n) is 1.94. The normalized spacial score (nSPS) is 12.3. The molecular weight excluding hydrogens is 246 g/mol. The SMILES string of the molecule is CCC(CC)(CC(=O)N(CC(C)(C)C)OC)C(=O)O. The molecule has 0 aliphatic carbocycles. The van der Waals surface area contributed by atoms with Crippen molar-refractivity contribution in [2.24, 2.45) is 10.8 Å². The van der Waals surface area contributed by atoms with E-state index >= 15 is 0 Å². The second-order valence-electron chi connectivity index (χ2n) is 6.14. The summed E-state index contributed by atoms with van der Waals surface area (Å²) >= 11 is 0. The number of carboxylic acid groups (broad SMARTS) is 1. The first-order valence-electron chi connectivity index (χ1n) is 6.69. The molecule has 0 aliphatic rings. The van der Waals surface area contributed by atoms with Crippen LogP contribution in [0, 0.1) is 10.8 Å². The minimum atomic E-state index is -0.994. The number of nitrogens with zero attached hydrogens (tertiary/aromatic N) is 1. The molecule has 1 amide bonds. The van der Waals surface area contributed by atoms with Gasteiger partial charge in [0.2, 0.25) is 5.91 Å². The summed E-state index contributed by atoms with van der Waals surface area (Å²) in [7, 11) is 1.43. The van der Waals surface area contributed by atoms with Gasteiger partial charge in [-0.1, -0.05) is 34.6 Å². The summed E-state index contributed by atoms with van der Waals surface area (Å²) in [4.78, 5) is 28.7. The molecule has 0 aromatic rings. The van der Waals surface area contributed by atoms with Gasteiger partial charge in [-0.2, -0.15) is 0 Å². The zero-order valence-corrected chi connectivity index (χ0v) is 12.9. The van der Waals surface area contributed by atoms with Crippen molar-refractivity contribution in [3.05, 3.63) is 0 Å². The maximum absolute atomic E-state index is 12.2. The number of carbonyl (C=O) groups is 2. The Morgan fingerprint density at radius 2 is 1.63 bits per heavy atom. The highest BCUT2D eigenvalue weighted by molar-refractivity contribution is 5.84. The van der Waals surface area contributed by atoms with Crippen molar-refractivity contribution < 1.29 is 19.5 Å². The lowest BCUT2D eigenvalue weighted by Gasteiger charge is -2.32. The van der Waals surface area contributed by atoms with Crippen molar-refractivity contribution in [2.75, 3.05) is 13.7 Å². The van der Waals surface area contributed by atoms with Gasteiger partial charge in [-0.3, -0.25) is 14.4 Å². The summed E-state index contributed by atoms with van der Waals surface area (Å²) in [5, 5.41) is 10.6. The van der Waals surface area contributed by atoms with E-state index in [0.29, 0.717) is 19.4 Å². The van der Waals surface area contributed by atoms with Crippen molar-refractivity contribution in [3.8, 4) is 0 Å². The maximum atomic E-state index is 12.2. The van der Waals surface area contributed by atoms with Gasteiger partial charge < -0.3 is 5.11 Å². The Bertz CT molecular complexity index is 316. The minimum Gasteiger partial charge on any atom is -0.481 e. The van der Waals surface area contributed by atoms with E-state index in [0.717, 1.165) is 0 Å². The monoisotopic (exact) mass is 273 g/mol. The van der Waals surface area contributed by atoms with Crippen LogP contribution in [-0.4, -0.2) is 35.7 Å². The van der Waals surface area contributed by atoms with E-state index < -0.39 is 11.4 Å². The van der Waals surface area contributed by atoms with Crippen LogP contribution in [0.5, 0.6) is 0 Å². The first kappa shape index (κ1) is 17.9. The summed E-state index contributed by atoms with van der Waals surface area (Å²) in [6.45, 7) is 10.0. The van der Waals surface area contributed by atoms with Crippen molar-refractivity contribution in [2.45, 2.75) is 53.9 Å². The van der Waals surface area contributed by atoms with E-state index in [1.165, 1.54) is 12.2 Å². The van der Waals surface area contributed by atoms with Gasteiger partial charge in [-0.25, -0.2) is 5.06 Å². The standard InChI is InChI=1S/C14H27NO4/c1-7-14(8-2,12(17)18)9-11(16)15(19-6)10-13(3,4)5/h7-10H2,1-6H3,(H,17,18). The van der Waals surface area contributed by atoms with Gasteiger partial charge in [-0.15, -0.1) is 0 Å². The number of aliphatic carboxylic acids is 1. The van der Waals surface area contributed by atoms with Crippen LogP contribution < -0.4 is 0 Å². The third kappa shape index (κ3) is 5.19. The Kier molecular flexibility index (Phi) is 6.49. The van der Waals surface area contributed by atoms with E-state index in [-0.39, 0.29) is 17.7 Å². The lowest BCUT2D eigenvalue weighted by molar-refractivity contribution is -0.186. The van der Waals surface area contributed by atoms with Crippen molar-refractivity contribution >= 4 is 11.9 Å². The van der Waals surface area contributed by atoms with Crippen LogP contribution in [0.15, 0.2) is 0 Å². The minimum absolute atomic E-state index is 0.0285. The Hall–Kier alpha value is -1.10.